The monoisotopic (exact) mass is 428 g/mol. The van der Waals surface area contributed by atoms with Gasteiger partial charge in [-0.1, -0.05) is 31.4 Å². The van der Waals surface area contributed by atoms with E-state index in [4.69, 9.17) is 10.5 Å². The number of unbranched alkanes of at least 4 members (excludes halogenated alkanes) is 3. The van der Waals surface area contributed by atoms with Crippen LogP contribution in [0.2, 0.25) is 0 Å². The Morgan fingerprint density at radius 1 is 1.00 bits per heavy atom. The lowest BCUT2D eigenvalue weighted by molar-refractivity contribution is 0.373. The van der Waals surface area contributed by atoms with Crippen LogP contribution in [-0.4, -0.2) is 41.6 Å². The highest BCUT2D eigenvalue weighted by Gasteiger charge is 2.29. The fourth-order valence-corrected chi connectivity index (χ4v) is 4.57. The van der Waals surface area contributed by atoms with Gasteiger partial charge in [0.2, 0.25) is 0 Å². The molecule has 170 valence electrons. The number of fused-ring (bicyclic) bond motifs is 1. The minimum atomic E-state index is -0.0370. The van der Waals surface area contributed by atoms with Gasteiger partial charge in [-0.15, -0.1) is 0 Å². The van der Waals surface area contributed by atoms with Gasteiger partial charge in [-0.2, -0.15) is 0 Å². The molecule has 2 aromatic carbocycles. The van der Waals surface area contributed by atoms with Gasteiger partial charge in [0.25, 0.3) is 0 Å². The molecule has 0 bridgehead atoms. The van der Waals surface area contributed by atoms with Crippen molar-refractivity contribution in [3.63, 3.8) is 0 Å². The van der Waals surface area contributed by atoms with E-state index in [1.165, 1.54) is 12.8 Å². The zero-order valence-electron chi connectivity index (χ0n) is 18.4. The molecule has 1 aliphatic rings. The van der Waals surface area contributed by atoms with Crippen molar-refractivity contribution in [2.45, 2.75) is 63.3 Å². The van der Waals surface area contributed by atoms with Crippen LogP contribution in [-0.2, 0) is 12.8 Å². The summed E-state index contributed by atoms with van der Waals surface area (Å²) in [5.41, 5.74) is 9.51. The standard InChI is InChI=1S/C25H36N2O4/c1-31-24-16-17(7-11-22(24)28)13-15-27-14-5-3-2-4-6-19-18-9-12-23(29)25(30)20(18)8-10-21(19)26/h7,9,11-12,16,19,21,27-30H,2-6,8,10,13-15,26H2,1H3. The summed E-state index contributed by atoms with van der Waals surface area (Å²) in [5, 5.41) is 33.0. The minimum Gasteiger partial charge on any atom is -0.504 e. The molecule has 0 radical (unpaired) electrons. The van der Waals surface area contributed by atoms with Gasteiger partial charge in [0.1, 0.15) is 0 Å². The first kappa shape index (κ1) is 23.2. The Morgan fingerprint density at radius 3 is 2.58 bits per heavy atom. The zero-order chi connectivity index (χ0) is 22.2. The SMILES string of the molecule is COc1cc(CCNCCCCCCC2c3ccc(O)c(O)c3CCC2N)ccc1O. The van der Waals surface area contributed by atoms with E-state index in [9.17, 15) is 15.3 Å². The number of methoxy groups -OCH3 is 1. The lowest BCUT2D eigenvalue weighted by Crippen LogP contribution is -2.33. The van der Waals surface area contributed by atoms with Crippen LogP contribution in [0.15, 0.2) is 30.3 Å². The topological polar surface area (TPSA) is 108 Å². The number of rotatable bonds is 11. The third-order valence-electron chi connectivity index (χ3n) is 6.39. The maximum atomic E-state index is 10.2. The number of nitrogens with one attached hydrogen (secondary N) is 1. The molecule has 2 unspecified atom stereocenters. The van der Waals surface area contributed by atoms with Crippen molar-refractivity contribution in [3.8, 4) is 23.0 Å². The van der Waals surface area contributed by atoms with E-state index in [2.05, 4.69) is 5.32 Å². The Labute approximate surface area is 185 Å². The van der Waals surface area contributed by atoms with E-state index in [-0.39, 0.29) is 29.2 Å². The molecule has 2 aromatic rings. The third kappa shape index (κ3) is 6.05. The van der Waals surface area contributed by atoms with Gasteiger partial charge in [0.05, 0.1) is 7.11 Å². The molecule has 31 heavy (non-hydrogen) atoms. The minimum absolute atomic E-state index is 0.0335. The maximum absolute atomic E-state index is 10.2. The fourth-order valence-electron chi connectivity index (χ4n) is 4.57. The average molecular weight is 429 g/mol. The summed E-state index contributed by atoms with van der Waals surface area (Å²) < 4.78 is 5.15. The Bertz CT molecular complexity index is 856. The van der Waals surface area contributed by atoms with Gasteiger partial charge in [-0.05, 0) is 80.4 Å². The number of aromatic hydroxyl groups is 3. The predicted octanol–water partition coefficient (Wildman–Crippen LogP) is 3.95. The van der Waals surface area contributed by atoms with Gasteiger partial charge < -0.3 is 31.1 Å². The molecule has 1 aliphatic carbocycles. The van der Waals surface area contributed by atoms with E-state index in [1.807, 2.05) is 18.2 Å². The lowest BCUT2D eigenvalue weighted by Gasteiger charge is -2.32. The number of hydrogen-bond donors (Lipinski definition) is 5. The Balaban J connectivity index is 1.31. The third-order valence-corrected chi connectivity index (χ3v) is 6.39. The highest BCUT2D eigenvalue weighted by molar-refractivity contribution is 5.51. The quantitative estimate of drug-likeness (QED) is 0.274. The summed E-state index contributed by atoms with van der Waals surface area (Å²) in [6.07, 6.45) is 8.11. The molecule has 0 heterocycles. The van der Waals surface area contributed by atoms with Gasteiger partial charge in [-0.25, -0.2) is 0 Å². The second-order valence-corrected chi connectivity index (χ2v) is 8.52. The molecule has 0 saturated heterocycles. The lowest BCUT2D eigenvalue weighted by atomic mass is 9.76. The summed E-state index contributed by atoms with van der Waals surface area (Å²) in [7, 11) is 1.56. The van der Waals surface area contributed by atoms with Crippen molar-refractivity contribution in [3.05, 3.63) is 47.0 Å². The highest BCUT2D eigenvalue weighted by Crippen LogP contribution is 2.42. The number of nitrogens with two attached hydrogens (primary N) is 1. The Morgan fingerprint density at radius 2 is 1.77 bits per heavy atom. The van der Waals surface area contributed by atoms with Crippen molar-refractivity contribution in [1.82, 2.24) is 5.32 Å². The molecule has 0 amide bonds. The Hall–Kier alpha value is -2.44. The molecule has 6 heteroatoms. The number of phenolic OH excluding ortho intramolecular Hbond substituents is 3. The molecule has 0 aliphatic heterocycles. The second-order valence-electron chi connectivity index (χ2n) is 8.52. The van der Waals surface area contributed by atoms with Crippen LogP contribution in [0.3, 0.4) is 0 Å². The van der Waals surface area contributed by atoms with Crippen LogP contribution >= 0.6 is 0 Å². The van der Waals surface area contributed by atoms with Crippen molar-refractivity contribution in [2.24, 2.45) is 5.73 Å². The van der Waals surface area contributed by atoms with Crippen molar-refractivity contribution in [1.29, 1.82) is 0 Å². The maximum Gasteiger partial charge on any atom is 0.160 e. The molecule has 3 rings (SSSR count). The molecule has 2 atom stereocenters. The van der Waals surface area contributed by atoms with Crippen molar-refractivity contribution >= 4 is 0 Å². The summed E-state index contributed by atoms with van der Waals surface area (Å²) in [4.78, 5) is 0. The van der Waals surface area contributed by atoms with Crippen LogP contribution < -0.4 is 15.8 Å². The van der Waals surface area contributed by atoms with Gasteiger partial charge in [0.15, 0.2) is 23.0 Å². The van der Waals surface area contributed by atoms with Crippen LogP contribution in [0.5, 0.6) is 23.0 Å². The van der Waals surface area contributed by atoms with Crippen LogP contribution in [0.4, 0.5) is 0 Å². The summed E-state index contributed by atoms with van der Waals surface area (Å²) in [6, 6.07) is 9.12. The Kier molecular flexibility index (Phi) is 8.43. The predicted molar refractivity (Wildman–Crippen MR) is 123 cm³/mol. The molecule has 0 saturated carbocycles. The van der Waals surface area contributed by atoms with Gasteiger partial charge in [-0.3, -0.25) is 0 Å². The van der Waals surface area contributed by atoms with E-state index >= 15 is 0 Å². The number of ether oxygens (including phenoxy) is 1. The largest absolute Gasteiger partial charge is 0.504 e. The molecule has 0 fully saturated rings. The average Bonchev–Trinajstić information content (AvgIpc) is 2.77. The van der Waals surface area contributed by atoms with E-state index in [1.54, 1.807) is 19.2 Å². The number of benzene rings is 2. The molecule has 6 nitrogen and oxygen atoms in total. The first-order chi connectivity index (χ1) is 15.0. The van der Waals surface area contributed by atoms with Crippen LogP contribution in [0, 0.1) is 0 Å². The van der Waals surface area contributed by atoms with Gasteiger partial charge >= 0.3 is 0 Å². The van der Waals surface area contributed by atoms with Crippen molar-refractivity contribution < 1.29 is 20.1 Å². The van der Waals surface area contributed by atoms with Gasteiger partial charge in [0, 0.05) is 11.6 Å². The molecule has 0 aromatic heterocycles. The highest BCUT2D eigenvalue weighted by atomic mass is 16.5. The van der Waals surface area contributed by atoms with E-state index < -0.39 is 0 Å². The molecule has 6 N–H and O–H groups in total. The van der Waals surface area contributed by atoms with E-state index in [0.29, 0.717) is 5.75 Å². The normalized spacial score (nSPS) is 18.0. The van der Waals surface area contributed by atoms with E-state index in [0.717, 1.165) is 68.3 Å². The smallest absolute Gasteiger partial charge is 0.160 e. The summed E-state index contributed by atoms with van der Waals surface area (Å²) in [5.74, 6) is 0.948. The number of hydrogen-bond acceptors (Lipinski definition) is 6. The molecule has 0 spiro atoms. The zero-order valence-corrected chi connectivity index (χ0v) is 18.4. The molecular weight excluding hydrogens is 392 g/mol. The van der Waals surface area contributed by atoms with Crippen LogP contribution in [0.25, 0.3) is 0 Å². The summed E-state index contributed by atoms with van der Waals surface area (Å²) in [6.45, 7) is 1.89. The van der Waals surface area contributed by atoms with Crippen LogP contribution in [0.1, 0.15) is 61.1 Å². The number of phenols is 3. The fraction of sp³-hybridized carbons (Fsp3) is 0.520. The summed E-state index contributed by atoms with van der Waals surface area (Å²) >= 11 is 0. The second kappa shape index (κ2) is 11.3. The first-order valence-corrected chi connectivity index (χ1v) is 11.4. The first-order valence-electron chi connectivity index (χ1n) is 11.4. The molecular formula is C25H36N2O4. The van der Waals surface area contributed by atoms with Crippen molar-refractivity contribution in [2.75, 3.05) is 20.2 Å².